The van der Waals surface area contributed by atoms with Crippen LogP contribution in [0, 0.1) is 17.8 Å². The van der Waals surface area contributed by atoms with Gasteiger partial charge in [-0.1, -0.05) is 13.3 Å². The predicted octanol–water partition coefficient (Wildman–Crippen LogP) is 2.87. The van der Waals surface area contributed by atoms with E-state index in [9.17, 15) is 4.79 Å². The summed E-state index contributed by atoms with van der Waals surface area (Å²) in [4.78, 5) is 12.2. The summed E-state index contributed by atoms with van der Waals surface area (Å²) in [6, 6.07) is 0. The molecule has 2 rings (SSSR count). The van der Waals surface area contributed by atoms with Crippen LogP contribution in [0.25, 0.3) is 0 Å². The van der Waals surface area contributed by atoms with Crippen molar-refractivity contribution in [3.05, 3.63) is 0 Å². The Morgan fingerprint density at radius 1 is 1.11 bits per heavy atom. The molecule has 2 fully saturated rings. The van der Waals surface area contributed by atoms with Crippen LogP contribution in [0.15, 0.2) is 0 Å². The lowest BCUT2D eigenvalue weighted by Gasteiger charge is -2.32. The number of hydrogen-bond donors (Lipinski definition) is 1. The molecule has 104 valence electrons. The highest BCUT2D eigenvalue weighted by Crippen LogP contribution is 2.31. The summed E-state index contributed by atoms with van der Waals surface area (Å²) < 4.78 is 5.74. The fourth-order valence-electron chi connectivity index (χ4n) is 3.34. The second-order valence-corrected chi connectivity index (χ2v) is 6.19. The summed E-state index contributed by atoms with van der Waals surface area (Å²) in [5.74, 6) is 1.37. The SMILES string of the molecule is CC1CCCCC1OC(=O)C1CCC(CN)CC1. The van der Waals surface area contributed by atoms with Crippen LogP contribution < -0.4 is 5.73 Å². The molecule has 0 bridgehead atoms. The van der Waals surface area contributed by atoms with Gasteiger partial charge in [-0.15, -0.1) is 0 Å². The van der Waals surface area contributed by atoms with Crippen molar-refractivity contribution in [2.24, 2.45) is 23.5 Å². The average molecular weight is 253 g/mol. The Morgan fingerprint density at radius 2 is 1.78 bits per heavy atom. The van der Waals surface area contributed by atoms with Gasteiger partial charge >= 0.3 is 5.97 Å². The number of nitrogens with two attached hydrogens (primary N) is 1. The van der Waals surface area contributed by atoms with E-state index in [4.69, 9.17) is 10.5 Å². The van der Waals surface area contributed by atoms with Gasteiger partial charge in [0.25, 0.3) is 0 Å². The summed E-state index contributed by atoms with van der Waals surface area (Å²) >= 11 is 0. The first kappa shape index (κ1) is 13.9. The van der Waals surface area contributed by atoms with E-state index in [2.05, 4.69) is 6.92 Å². The lowest BCUT2D eigenvalue weighted by molar-refractivity contribution is -0.159. The molecule has 0 aromatic heterocycles. The molecule has 0 amide bonds. The van der Waals surface area contributed by atoms with Crippen molar-refractivity contribution in [3.63, 3.8) is 0 Å². The first-order chi connectivity index (χ1) is 8.70. The molecule has 0 radical (unpaired) electrons. The topological polar surface area (TPSA) is 52.3 Å². The van der Waals surface area contributed by atoms with E-state index in [-0.39, 0.29) is 18.0 Å². The van der Waals surface area contributed by atoms with E-state index >= 15 is 0 Å². The minimum absolute atomic E-state index is 0.0595. The molecule has 0 aliphatic heterocycles. The highest BCUT2D eigenvalue weighted by molar-refractivity contribution is 5.72. The molecule has 0 heterocycles. The molecule has 3 heteroatoms. The number of hydrogen-bond acceptors (Lipinski definition) is 3. The number of ether oxygens (including phenoxy) is 1. The van der Waals surface area contributed by atoms with Crippen LogP contribution >= 0.6 is 0 Å². The molecular weight excluding hydrogens is 226 g/mol. The van der Waals surface area contributed by atoms with E-state index in [0.717, 1.165) is 38.6 Å². The van der Waals surface area contributed by atoms with Gasteiger partial charge in [0, 0.05) is 0 Å². The average Bonchev–Trinajstić information content (AvgIpc) is 2.41. The molecule has 2 aliphatic rings. The third-order valence-electron chi connectivity index (χ3n) is 4.81. The minimum atomic E-state index is 0.0595. The first-order valence-electron chi connectivity index (χ1n) is 7.61. The Balaban J connectivity index is 1.77. The Labute approximate surface area is 110 Å². The Bertz CT molecular complexity index is 272. The summed E-state index contributed by atoms with van der Waals surface area (Å²) in [5.41, 5.74) is 5.68. The zero-order valence-corrected chi connectivity index (χ0v) is 11.6. The molecule has 0 spiro atoms. The Kier molecular flexibility index (Phi) is 5.04. The van der Waals surface area contributed by atoms with Gasteiger partial charge in [0.2, 0.25) is 0 Å². The molecule has 2 atom stereocenters. The van der Waals surface area contributed by atoms with E-state index in [1.807, 2.05) is 0 Å². The molecular formula is C15H27NO2. The minimum Gasteiger partial charge on any atom is -0.462 e. The quantitative estimate of drug-likeness (QED) is 0.787. The summed E-state index contributed by atoms with van der Waals surface area (Å²) in [6.45, 7) is 2.98. The second kappa shape index (κ2) is 6.55. The highest BCUT2D eigenvalue weighted by Gasteiger charge is 2.31. The van der Waals surface area contributed by atoms with Crippen molar-refractivity contribution < 1.29 is 9.53 Å². The van der Waals surface area contributed by atoms with Crippen LogP contribution in [0.2, 0.25) is 0 Å². The molecule has 2 unspecified atom stereocenters. The molecule has 3 nitrogen and oxygen atoms in total. The van der Waals surface area contributed by atoms with Crippen LogP contribution in [0.1, 0.15) is 58.3 Å². The van der Waals surface area contributed by atoms with Crippen molar-refractivity contribution in [2.45, 2.75) is 64.4 Å². The molecule has 2 N–H and O–H groups in total. The van der Waals surface area contributed by atoms with Gasteiger partial charge < -0.3 is 10.5 Å². The second-order valence-electron chi connectivity index (χ2n) is 6.19. The van der Waals surface area contributed by atoms with Crippen molar-refractivity contribution in [3.8, 4) is 0 Å². The van der Waals surface area contributed by atoms with Crippen molar-refractivity contribution in [1.82, 2.24) is 0 Å². The van der Waals surface area contributed by atoms with Crippen molar-refractivity contribution >= 4 is 5.97 Å². The van der Waals surface area contributed by atoms with Gasteiger partial charge in [-0.25, -0.2) is 0 Å². The fourth-order valence-corrected chi connectivity index (χ4v) is 3.34. The van der Waals surface area contributed by atoms with Crippen LogP contribution in [0.4, 0.5) is 0 Å². The van der Waals surface area contributed by atoms with Crippen molar-refractivity contribution in [1.29, 1.82) is 0 Å². The lowest BCUT2D eigenvalue weighted by atomic mass is 9.82. The zero-order chi connectivity index (χ0) is 13.0. The van der Waals surface area contributed by atoms with Gasteiger partial charge in [-0.3, -0.25) is 4.79 Å². The van der Waals surface area contributed by atoms with Crippen LogP contribution in [0.5, 0.6) is 0 Å². The van der Waals surface area contributed by atoms with Gasteiger partial charge in [0.1, 0.15) is 6.10 Å². The number of esters is 1. The van der Waals surface area contributed by atoms with Crippen LogP contribution in [-0.2, 0) is 9.53 Å². The molecule has 0 saturated heterocycles. The molecule has 18 heavy (non-hydrogen) atoms. The van der Waals surface area contributed by atoms with Gasteiger partial charge in [0.05, 0.1) is 5.92 Å². The lowest BCUT2D eigenvalue weighted by Crippen LogP contribution is -2.33. The Morgan fingerprint density at radius 3 is 2.39 bits per heavy atom. The van der Waals surface area contributed by atoms with E-state index in [0.29, 0.717) is 11.8 Å². The summed E-state index contributed by atoms with van der Waals surface area (Å²) in [6.07, 6.45) is 9.08. The van der Waals surface area contributed by atoms with Gasteiger partial charge in [-0.05, 0) is 63.3 Å². The monoisotopic (exact) mass is 253 g/mol. The standard InChI is InChI=1S/C15H27NO2/c1-11-4-2-3-5-14(11)18-15(17)13-8-6-12(10-16)7-9-13/h11-14H,2-10,16H2,1H3. The normalized spacial score (nSPS) is 37.2. The van der Waals surface area contributed by atoms with E-state index in [1.165, 1.54) is 19.3 Å². The van der Waals surface area contributed by atoms with E-state index < -0.39 is 0 Å². The molecule has 0 aromatic carbocycles. The maximum Gasteiger partial charge on any atom is 0.309 e. The predicted molar refractivity (Wildman–Crippen MR) is 72.0 cm³/mol. The fraction of sp³-hybridized carbons (Fsp3) is 0.933. The maximum absolute atomic E-state index is 12.2. The van der Waals surface area contributed by atoms with Gasteiger partial charge in [-0.2, -0.15) is 0 Å². The molecule has 0 aromatic rings. The van der Waals surface area contributed by atoms with Crippen LogP contribution in [-0.4, -0.2) is 18.6 Å². The third kappa shape index (κ3) is 3.47. The Hall–Kier alpha value is -0.570. The highest BCUT2D eigenvalue weighted by atomic mass is 16.5. The molecule has 2 aliphatic carbocycles. The van der Waals surface area contributed by atoms with Crippen molar-refractivity contribution in [2.75, 3.05) is 6.54 Å². The first-order valence-corrected chi connectivity index (χ1v) is 7.61. The molecule has 2 saturated carbocycles. The number of rotatable bonds is 3. The summed E-state index contributed by atoms with van der Waals surface area (Å²) in [5, 5.41) is 0. The van der Waals surface area contributed by atoms with Crippen LogP contribution in [0.3, 0.4) is 0 Å². The maximum atomic E-state index is 12.2. The number of carbonyl (C=O) groups excluding carboxylic acids is 1. The largest absolute Gasteiger partial charge is 0.462 e. The third-order valence-corrected chi connectivity index (χ3v) is 4.81. The van der Waals surface area contributed by atoms with Gasteiger partial charge in [0.15, 0.2) is 0 Å². The smallest absolute Gasteiger partial charge is 0.309 e. The van der Waals surface area contributed by atoms with E-state index in [1.54, 1.807) is 0 Å². The number of carbonyl (C=O) groups is 1. The summed E-state index contributed by atoms with van der Waals surface area (Å²) in [7, 11) is 0. The zero-order valence-electron chi connectivity index (χ0n) is 11.6.